The minimum atomic E-state index is 0.529. The van der Waals surface area contributed by atoms with Crippen molar-refractivity contribution in [2.75, 3.05) is 24.7 Å². The van der Waals surface area contributed by atoms with Crippen LogP contribution in [0, 0.1) is 0 Å². The van der Waals surface area contributed by atoms with Gasteiger partial charge in [-0.1, -0.05) is 13.8 Å². The van der Waals surface area contributed by atoms with Crippen molar-refractivity contribution in [2.45, 2.75) is 13.8 Å². The number of rotatable bonds is 2. The van der Waals surface area contributed by atoms with Crippen LogP contribution in [0.1, 0.15) is 23.5 Å². The van der Waals surface area contributed by atoms with Gasteiger partial charge < -0.3 is 10.6 Å². The fraction of sp³-hybridized carbons (Fsp3) is 0.333. The summed E-state index contributed by atoms with van der Waals surface area (Å²) < 4.78 is 0. The number of fused-ring (bicyclic) bond motifs is 1. The van der Waals surface area contributed by atoms with Crippen molar-refractivity contribution in [2.24, 2.45) is 11.7 Å². The van der Waals surface area contributed by atoms with Gasteiger partial charge in [-0.15, -0.1) is 11.3 Å². The molecule has 2 heterocycles. The summed E-state index contributed by atoms with van der Waals surface area (Å²) in [5, 5.41) is 0.870. The molecule has 0 fully saturated rings. The van der Waals surface area contributed by atoms with Crippen molar-refractivity contribution in [3.05, 3.63) is 17.1 Å². The number of carbonyl (C=O) groups is 1. The summed E-state index contributed by atoms with van der Waals surface area (Å²) in [6, 6.07) is 1.89. The monoisotopic (exact) mass is 283 g/mol. The maximum absolute atomic E-state index is 10.8. The zero-order chi connectivity index (χ0) is 15.0. The number of carbonyl (C=O) groups excluding carboxylic acids is 1. The second-order valence-corrected chi connectivity index (χ2v) is 4.43. The minimum Gasteiger partial charge on any atom is -0.397 e. The number of hydrogen-bond donors (Lipinski definition) is 3. The van der Waals surface area contributed by atoms with Crippen LogP contribution in [0.2, 0.25) is 0 Å². The summed E-state index contributed by atoms with van der Waals surface area (Å²) in [4.78, 5) is 18.3. The molecule has 2 aromatic rings. The van der Waals surface area contributed by atoms with Gasteiger partial charge in [-0.25, -0.2) is 4.98 Å². The van der Waals surface area contributed by atoms with Gasteiger partial charge in [0, 0.05) is 20.3 Å². The Morgan fingerprint density at radius 3 is 2.37 bits per heavy atom. The predicted octanol–water partition coefficient (Wildman–Crippen LogP) is 1.60. The molecule has 106 valence electrons. The standard InChI is InChI=1S/C10H11N3OS.C2H6.H4N2/c1-13(2)6-3-4-12-10-8(6)9(11)7(5-14)15-10;2*1-2/h3-5H,11H2,1-2H3;1-2H3;1-2H2. The van der Waals surface area contributed by atoms with Crippen molar-refractivity contribution < 1.29 is 4.79 Å². The van der Waals surface area contributed by atoms with E-state index in [9.17, 15) is 4.79 Å². The van der Waals surface area contributed by atoms with Gasteiger partial charge in [0.1, 0.15) is 4.83 Å². The van der Waals surface area contributed by atoms with Crippen LogP contribution >= 0.6 is 11.3 Å². The van der Waals surface area contributed by atoms with Gasteiger partial charge in [0.15, 0.2) is 6.29 Å². The number of hydrogen-bond acceptors (Lipinski definition) is 7. The number of nitrogens with two attached hydrogens (primary N) is 3. The molecule has 0 unspecified atom stereocenters. The second-order valence-electron chi connectivity index (χ2n) is 3.40. The third-order valence-corrected chi connectivity index (χ3v) is 3.26. The van der Waals surface area contributed by atoms with Crippen molar-refractivity contribution in [3.63, 3.8) is 0 Å². The third-order valence-electron chi connectivity index (χ3n) is 2.22. The molecular formula is C12H21N5OS. The van der Waals surface area contributed by atoms with Crippen LogP contribution in [-0.4, -0.2) is 25.4 Å². The van der Waals surface area contributed by atoms with Gasteiger partial charge in [-0.05, 0) is 6.07 Å². The van der Waals surface area contributed by atoms with E-state index in [0.717, 1.165) is 22.2 Å². The lowest BCUT2D eigenvalue weighted by molar-refractivity contribution is 0.112. The zero-order valence-electron chi connectivity index (χ0n) is 11.7. The summed E-state index contributed by atoms with van der Waals surface area (Å²) >= 11 is 1.32. The van der Waals surface area contributed by atoms with Gasteiger partial charge in [-0.2, -0.15) is 0 Å². The highest BCUT2D eigenvalue weighted by atomic mass is 32.1. The fourth-order valence-electron chi connectivity index (χ4n) is 1.51. The SMILES string of the molecule is CC.CN(C)c1ccnc2sc(C=O)c(N)c12.NN. The largest absolute Gasteiger partial charge is 0.397 e. The topological polar surface area (TPSA) is 111 Å². The number of nitrogens with zero attached hydrogens (tertiary/aromatic N) is 2. The van der Waals surface area contributed by atoms with E-state index < -0.39 is 0 Å². The molecule has 6 N–H and O–H groups in total. The van der Waals surface area contributed by atoms with Crippen LogP contribution in [0.15, 0.2) is 12.3 Å². The molecule has 0 aliphatic rings. The zero-order valence-corrected chi connectivity index (χ0v) is 12.5. The first-order valence-corrected chi connectivity index (χ1v) is 6.59. The summed E-state index contributed by atoms with van der Waals surface area (Å²) in [6.07, 6.45) is 2.50. The highest BCUT2D eigenvalue weighted by Gasteiger charge is 2.13. The molecule has 0 saturated carbocycles. The van der Waals surface area contributed by atoms with E-state index >= 15 is 0 Å². The quantitative estimate of drug-likeness (QED) is 0.438. The van der Waals surface area contributed by atoms with Crippen LogP contribution < -0.4 is 22.3 Å². The van der Waals surface area contributed by atoms with Crippen molar-refractivity contribution >= 4 is 39.2 Å². The van der Waals surface area contributed by atoms with E-state index in [1.165, 1.54) is 11.3 Å². The average Bonchev–Trinajstić information content (AvgIpc) is 2.80. The minimum absolute atomic E-state index is 0.529. The van der Waals surface area contributed by atoms with Crippen molar-refractivity contribution in [3.8, 4) is 0 Å². The van der Waals surface area contributed by atoms with Crippen LogP contribution in [-0.2, 0) is 0 Å². The van der Waals surface area contributed by atoms with E-state index in [1.54, 1.807) is 6.20 Å². The summed E-state index contributed by atoms with van der Waals surface area (Å²) in [7, 11) is 3.87. The van der Waals surface area contributed by atoms with Crippen LogP contribution in [0.25, 0.3) is 10.2 Å². The first-order chi connectivity index (χ1) is 9.15. The van der Waals surface area contributed by atoms with Gasteiger partial charge in [0.05, 0.1) is 21.6 Å². The molecule has 0 spiro atoms. The van der Waals surface area contributed by atoms with Crippen LogP contribution in [0.4, 0.5) is 11.4 Å². The van der Waals surface area contributed by atoms with E-state index in [0.29, 0.717) is 10.6 Å². The Bertz CT molecular complexity index is 524. The Morgan fingerprint density at radius 2 is 1.89 bits per heavy atom. The molecule has 0 atom stereocenters. The lowest BCUT2D eigenvalue weighted by atomic mass is 10.2. The number of nitrogen functional groups attached to an aromatic ring is 1. The van der Waals surface area contributed by atoms with Crippen LogP contribution in [0.5, 0.6) is 0 Å². The number of hydrazine groups is 1. The first kappa shape index (κ1) is 17.3. The summed E-state index contributed by atoms with van der Waals surface area (Å²) in [5.74, 6) is 8.00. The highest BCUT2D eigenvalue weighted by Crippen LogP contribution is 2.36. The lowest BCUT2D eigenvalue weighted by Crippen LogP contribution is -2.09. The Labute approximate surface area is 117 Å². The molecule has 19 heavy (non-hydrogen) atoms. The number of anilines is 2. The molecule has 0 amide bonds. The lowest BCUT2D eigenvalue weighted by Gasteiger charge is -2.13. The number of thiophene rings is 1. The molecule has 2 aromatic heterocycles. The van der Waals surface area contributed by atoms with Crippen molar-refractivity contribution in [1.29, 1.82) is 0 Å². The van der Waals surface area contributed by atoms with Crippen molar-refractivity contribution in [1.82, 2.24) is 4.98 Å². The molecule has 0 aliphatic carbocycles. The number of aldehydes is 1. The average molecular weight is 283 g/mol. The molecule has 6 nitrogen and oxygen atoms in total. The fourth-order valence-corrected chi connectivity index (χ4v) is 2.40. The van der Waals surface area contributed by atoms with Crippen LogP contribution in [0.3, 0.4) is 0 Å². The summed E-state index contributed by atoms with van der Waals surface area (Å²) in [6.45, 7) is 4.00. The molecule has 0 radical (unpaired) electrons. The van der Waals surface area contributed by atoms with Gasteiger partial charge in [0.2, 0.25) is 0 Å². The Hall–Kier alpha value is -1.70. The Kier molecular flexibility index (Phi) is 7.66. The third kappa shape index (κ3) is 3.63. The molecule has 0 saturated heterocycles. The summed E-state index contributed by atoms with van der Waals surface area (Å²) in [5.41, 5.74) is 7.42. The normalized spacial score (nSPS) is 8.95. The highest BCUT2D eigenvalue weighted by molar-refractivity contribution is 7.21. The van der Waals surface area contributed by atoms with E-state index in [4.69, 9.17) is 5.73 Å². The molecular weight excluding hydrogens is 262 g/mol. The Morgan fingerprint density at radius 1 is 1.32 bits per heavy atom. The molecule has 7 heteroatoms. The van der Waals surface area contributed by atoms with Gasteiger partial charge in [0.25, 0.3) is 0 Å². The molecule has 2 rings (SSSR count). The Balaban J connectivity index is 0.000000741. The van der Waals surface area contributed by atoms with Gasteiger partial charge in [-0.3, -0.25) is 16.5 Å². The molecule has 0 aliphatic heterocycles. The predicted molar refractivity (Wildman–Crippen MR) is 83.5 cm³/mol. The maximum Gasteiger partial charge on any atom is 0.162 e. The number of pyridine rings is 1. The number of aromatic nitrogens is 1. The molecule has 0 aromatic carbocycles. The molecule has 0 bridgehead atoms. The maximum atomic E-state index is 10.8. The second kappa shape index (κ2) is 8.41. The van der Waals surface area contributed by atoms with E-state index in [-0.39, 0.29) is 0 Å². The van der Waals surface area contributed by atoms with E-state index in [2.05, 4.69) is 16.7 Å². The first-order valence-electron chi connectivity index (χ1n) is 5.78. The van der Waals surface area contributed by atoms with Gasteiger partial charge >= 0.3 is 0 Å². The van der Waals surface area contributed by atoms with E-state index in [1.807, 2.05) is 38.9 Å². The smallest absolute Gasteiger partial charge is 0.162 e.